The molecule has 0 unspecified atom stereocenters. The van der Waals surface area contributed by atoms with Gasteiger partial charge < -0.3 is 13.6 Å². The average molecular weight is 422 g/mol. The molecular weight excluding hydrogens is 402 g/mol. The highest BCUT2D eigenvalue weighted by molar-refractivity contribution is 6.33. The molecule has 0 saturated heterocycles. The predicted octanol–water partition coefficient (Wildman–Crippen LogP) is 5.29. The van der Waals surface area contributed by atoms with E-state index in [-0.39, 0.29) is 5.63 Å². The molecule has 0 spiro atoms. The summed E-state index contributed by atoms with van der Waals surface area (Å²) < 4.78 is 17.2. The van der Waals surface area contributed by atoms with Gasteiger partial charge in [-0.3, -0.25) is 4.90 Å². The molecule has 5 rings (SSSR count). The highest BCUT2D eigenvalue weighted by atomic mass is 35.5. The standard InChI is InChI=1S/C24H20ClNO4/c1-15-18-11-21(25)23-20(13-26(14-29-23)12-17-8-5-9-28-17)22(18)30-24(27)19(15)10-16-6-3-2-4-7-16/h2-9,11H,10,12-14H2,1H3. The summed E-state index contributed by atoms with van der Waals surface area (Å²) in [7, 11) is 0. The maximum atomic E-state index is 12.9. The van der Waals surface area contributed by atoms with Crippen molar-refractivity contribution in [1.29, 1.82) is 0 Å². The first-order valence-corrected chi connectivity index (χ1v) is 10.2. The maximum Gasteiger partial charge on any atom is 0.340 e. The molecule has 5 nitrogen and oxygen atoms in total. The predicted molar refractivity (Wildman–Crippen MR) is 115 cm³/mol. The van der Waals surface area contributed by atoms with Crippen LogP contribution in [0.25, 0.3) is 11.0 Å². The molecule has 3 heterocycles. The molecular formula is C24H20ClNO4. The van der Waals surface area contributed by atoms with Gasteiger partial charge in [0.25, 0.3) is 0 Å². The Bertz CT molecular complexity index is 1260. The number of rotatable bonds is 4. The van der Waals surface area contributed by atoms with Gasteiger partial charge in [-0.25, -0.2) is 4.79 Å². The Morgan fingerprint density at radius 1 is 1.13 bits per heavy atom. The number of hydrogen-bond donors (Lipinski definition) is 0. The third-order valence-corrected chi connectivity index (χ3v) is 5.82. The van der Waals surface area contributed by atoms with E-state index in [9.17, 15) is 4.79 Å². The number of ether oxygens (including phenoxy) is 1. The van der Waals surface area contributed by atoms with Gasteiger partial charge >= 0.3 is 5.63 Å². The molecule has 0 atom stereocenters. The van der Waals surface area contributed by atoms with E-state index < -0.39 is 0 Å². The van der Waals surface area contributed by atoms with E-state index in [2.05, 4.69) is 4.90 Å². The second kappa shape index (κ2) is 7.67. The van der Waals surface area contributed by atoms with Gasteiger partial charge in [-0.1, -0.05) is 41.9 Å². The van der Waals surface area contributed by atoms with Crippen LogP contribution in [0.1, 0.15) is 28.0 Å². The van der Waals surface area contributed by atoms with E-state index >= 15 is 0 Å². The van der Waals surface area contributed by atoms with E-state index in [1.54, 1.807) is 6.26 Å². The van der Waals surface area contributed by atoms with Crippen LogP contribution in [0, 0.1) is 6.92 Å². The number of furan rings is 1. The van der Waals surface area contributed by atoms with E-state index in [4.69, 9.17) is 25.2 Å². The normalized spacial score (nSPS) is 13.9. The molecule has 0 aliphatic carbocycles. The highest BCUT2D eigenvalue weighted by Crippen LogP contribution is 2.40. The fourth-order valence-corrected chi connectivity index (χ4v) is 4.26. The van der Waals surface area contributed by atoms with Crippen molar-refractivity contribution in [3.05, 3.63) is 98.3 Å². The van der Waals surface area contributed by atoms with Crippen LogP contribution in [-0.4, -0.2) is 11.6 Å². The van der Waals surface area contributed by atoms with Gasteiger partial charge in [0, 0.05) is 23.9 Å². The number of halogens is 1. The lowest BCUT2D eigenvalue weighted by molar-refractivity contribution is 0.0827. The Morgan fingerprint density at radius 2 is 1.97 bits per heavy atom. The Hall–Kier alpha value is -3.02. The van der Waals surface area contributed by atoms with Gasteiger partial charge in [-0.05, 0) is 36.2 Å². The van der Waals surface area contributed by atoms with Gasteiger partial charge in [0.2, 0.25) is 0 Å². The van der Waals surface area contributed by atoms with Crippen LogP contribution in [0.15, 0.2) is 68.4 Å². The zero-order valence-corrected chi connectivity index (χ0v) is 17.2. The molecule has 0 amide bonds. The van der Waals surface area contributed by atoms with Crippen molar-refractivity contribution in [2.45, 2.75) is 26.4 Å². The van der Waals surface area contributed by atoms with Crippen molar-refractivity contribution >= 4 is 22.6 Å². The molecule has 1 aliphatic rings. The number of benzene rings is 2. The summed E-state index contributed by atoms with van der Waals surface area (Å²) in [6.45, 7) is 3.47. The van der Waals surface area contributed by atoms with E-state index in [0.29, 0.717) is 48.2 Å². The van der Waals surface area contributed by atoms with Crippen molar-refractivity contribution < 1.29 is 13.6 Å². The number of hydrogen-bond acceptors (Lipinski definition) is 5. The van der Waals surface area contributed by atoms with Crippen LogP contribution in [-0.2, 0) is 19.5 Å². The molecule has 0 N–H and O–H groups in total. The lowest BCUT2D eigenvalue weighted by Crippen LogP contribution is -2.31. The van der Waals surface area contributed by atoms with Crippen LogP contribution in [0.5, 0.6) is 5.75 Å². The van der Waals surface area contributed by atoms with Gasteiger partial charge in [0.15, 0.2) is 0 Å². The van der Waals surface area contributed by atoms with E-state index in [1.165, 1.54) is 0 Å². The fraction of sp³-hybridized carbons (Fsp3) is 0.208. The number of nitrogens with zero attached hydrogens (tertiary/aromatic N) is 1. The van der Waals surface area contributed by atoms with Gasteiger partial charge in [-0.15, -0.1) is 0 Å². The highest BCUT2D eigenvalue weighted by Gasteiger charge is 2.26. The zero-order chi connectivity index (χ0) is 20.7. The van der Waals surface area contributed by atoms with Crippen molar-refractivity contribution in [3.8, 4) is 5.75 Å². The summed E-state index contributed by atoms with van der Waals surface area (Å²) in [4.78, 5) is 15.0. The minimum absolute atomic E-state index is 0.323. The largest absolute Gasteiger partial charge is 0.476 e. The molecule has 0 fully saturated rings. The average Bonchev–Trinajstić information content (AvgIpc) is 3.26. The van der Waals surface area contributed by atoms with Crippen molar-refractivity contribution in [3.63, 3.8) is 0 Å². The first-order valence-electron chi connectivity index (χ1n) is 9.79. The summed E-state index contributed by atoms with van der Waals surface area (Å²) in [6.07, 6.45) is 2.16. The van der Waals surface area contributed by atoms with Crippen LogP contribution in [0.4, 0.5) is 0 Å². The van der Waals surface area contributed by atoms with Crippen molar-refractivity contribution in [2.24, 2.45) is 0 Å². The summed E-state index contributed by atoms with van der Waals surface area (Å²) >= 11 is 6.55. The van der Waals surface area contributed by atoms with E-state index in [0.717, 1.165) is 27.8 Å². The molecule has 4 aromatic rings. The van der Waals surface area contributed by atoms with Crippen LogP contribution in [0.3, 0.4) is 0 Å². The first kappa shape index (κ1) is 19.0. The third-order valence-electron chi connectivity index (χ3n) is 5.54. The summed E-state index contributed by atoms with van der Waals surface area (Å²) in [5, 5.41) is 1.37. The lowest BCUT2D eigenvalue weighted by Gasteiger charge is -2.29. The minimum atomic E-state index is -0.323. The lowest BCUT2D eigenvalue weighted by atomic mass is 9.97. The van der Waals surface area contributed by atoms with Crippen molar-refractivity contribution in [2.75, 3.05) is 6.73 Å². The fourth-order valence-electron chi connectivity index (χ4n) is 3.99. The summed E-state index contributed by atoms with van der Waals surface area (Å²) in [5.74, 6) is 1.43. The summed E-state index contributed by atoms with van der Waals surface area (Å²) in [5.41, 5.74) is 3.60. The molecule has 2 aromatic carbocycles. The molecule has 30 heavy (non-hydrogen) atoms. The van der Waals surface area contributed by atoms with Gasteiger partial charge in [-0.2, -0.15) is 0 Å². The molecule has 0 saturated carbocycles. The molecule has 6 heteroatoms. The second-order valence-electron chi connectivity index (χ2n) is 7.54. The van der Waals surface area contributed by atoms with Crippen molar-refractivity contribution in [1.82, 2.24) is 4.90 Å². The topological polar surface area (TPSA) is 55.8 Å². The third kappa shape index (κ3) is 3.40. The summed E-state index contributed by atoms with van der Waals surface area (Å²) in [6, 6.07) is 15.5. The van der Waals surface area contributed by atoms with Crippen LogP contribution < -0.4 is 10.4 Å². The van der Waals surface area contributed by atoms with E-state index in [1.807, 2.05) is 55.5 Å². The molecule has 152 valence electrons. The maximum absolute atomic E-state index is 12.9. The van der Waals surface area contributed by atoms with Crippen LogP contribution >= 0.6 is 11.6 Å². The SMILES string of the molecule is Cc1c(Cc2ccccc2)c(=O)oc2c3c(c(Cl)cc12)OCN(Cc1ccco1)C3. The van der Waals surface area contributed by atoms with Gasteiger partial charge in [0.05, 0.1) is 23.4 Å². The minimum Gasteiger partial charge on any atom is -0.476 e. The smallest absolute Gasteiger partial charge is 0.340 e. The van der Waals surface area contributed by atoms with Gasteiger partial charge in [0.1, 0.15) is 23.8 Å². The quantitative estimate of drug-likeness (QED) is 0.419. The Kier molecular flexibility index (Phi) is 4.85. The Morgan fingerprint density at radius 3 is 2.73 bits per heavy atom. The number of fused-ring (bicyclic) bond motifs is 3. The molecule has 0 bridgehead atoms. The number of aryl methyl sites for hydroxylation is 1. The molecule has 2 aromatic heterocycles. The monoisotopic (exact) mass is 421 g/mol. The van der Waals surface area contributed by atoms with Crippen LogP contribution in [0.2, 0.25) is 5.02 Å². The Balaban J connectivity index is 1.58. The molecule has 1 aliphatic heterocycles. The first-order chi connectivity index (χ1) is 14.6. The Labute approximate surface area is 178 Å². The molecule has 0 radical (unpaired) electrons. The zero-order valence-electron chi connectivity index (χ0n) is 16.5. The second-order valence-corrected chi connectivity index (χ2v) is 7.95.